The maximum Gasteiger partial charge on any atom is 0.416 e. The quantitative estimate of drug-likeness (QED) is 0.868. The van der Waals surface area contributed by atoms with Crippen LogP contribution in [0.5, 0.6) is 0 Å². The fraction of sp³-hybridized carbons (Fsp3) is 0.385. The van der Waals surface area contributed by atoms with E-state index in [0.29, 0.717) is 17.3 Å². The molecule has 20 heavy (non-hydrogen) atoms. The van der Waals surface area contributed by atoms with Crippen LogP contribution in [0.3, 0.4) is 0 Å². The van der Waals surface area contributed by atoms with Crippen molar-refractivity contribution in [1.29, 1.82) is 0 Å². The van der Waals surface area contributed by atoms with Crippen LogP contribution in [0.25, 0.3) is 11.4 Å². The van der Waals surface area contributed by atoms with E-state index in [1.807, 2.05) is 4.90 Å². The van der Waals surface area contributed by atoms with Gasteiger partial charge < -0.3 is 10.2 Å². The third-order valence-electron chi connectivity index (χ3n) is 3.27. The number of nitrogens with one attached hydrogen (secondary N) is 1. The summed E-state index contributed by atoms with van der Waals surface area (Å²) in [4.78, 5) is 10.7. The molecule has 0 atom stereocenters. The number of aromatic nitrogens is 2. The van der Waals surface area contributed by atoms with Crippen molar-refractivity contribution < 1.29 is 13.2 Å². The van der Waals surface area contributed by atoms with Crippen LogP contribution >= 0.6 is 0 Å². The van der Waals surface area contributed by atoms with Crippen molar-refractivity contribution in [3.05, 3.63) is 29.8 Å². The van der Waals surface area contributed by atoms with Crippen molar-refractivity contribution in [2.45, 2.75) is 6.18 Å². The van der Waals surface area contributed by atoms with E-state index in [4.69, 9.17) is 0 Å². The van der Waals surface area contributed by atoms with E-state index in [1.165, 1.54) is 12.1 Å². The molecule has 0 unspecified atom stereocenters. The van der Waals surface area contributed by atoms with Gasteiger partial charge in [0.25, 0.3) is 0 Å². The summed E-state index contributed by atoms with van der Waals surface area (Å²) in [7, 11) is 0. The van der Waals surface area contributed by atoms with Gasteiger partial charge in [-0.25, -0.2) is 9.97 Å². The average molecular weight is 282 g/mol. The molecule has 3 rings (SSSR count). The molecule has 0 aromatic heterocycles. The monoisotopic (exact) mass is 282 g/mol. The second kappa shape index (κ2) is 4.90. The Morgan fingerprint density at radius 2 is 1.50 bits per heavy atom. The first-order chi connectivity index (χ1) is 9.54. The Balaban J connectivity index is 1.94. The van der Waals surface area contributed by atoms with Crippen LogP contribution in [0.2, 0.25) is 0 Å². The minimum atomic E-state index is -4.35. The molecule has 0 aromatic carbocycles. The van der Waals surface area contributed by atoms with E-state index in [2.05, 4.69) is 15.3 Å². The van der Waals surface area contributed by atoms with Gasteiger partial charge in [0.1, 0.15) is 0 Å². The summed E-state index contributed by atoms with van der Waals surface area (Å²) in [5, 5.41) is 3.23. The maximum atomic E-state index is 12.6. The summed E-state index contributed by atoms with van der Waals surface area (Å²) in [6.45, 7) is 3.32. The highest BCUT2D eigenvalue weighted by Gasteiger charge is 2.30. The summed E-state index contributed by atoms with van der Waals surface area (Å²) in [5.41, 5.74) is 0.268. The summed E-state index contributed by atoms with van der Waals surface area (Å²) >= 11 is 0. The number of piperazine rings is 1. The van der Waals surface area contributed by atoms with Crippen LogP contribution in [-0.4, -0.2) is 36.1 Å². The standard InChI is InChI=1S/C13H13F3N4/c14-13(15,16)9-1-3-10-11(4-2-9)19-12(18-10)20-7-5-17-6-8-20/h1-4,17H,5-8H2. The number of alkyl halides is 3. The molecule has 1 fully saturated rings. The molecule has 0 spiro atoms. The summed E-state index contributed by atoms with van der Waals surface area (Å²) in [6, 6.07) is 4.82. The van der Waals surface area contributed by atoms with E-state index in [0.717, 1.165) is 38.3 Å². The fourth-order valence-electron chi connectivity index (χ4n) is 2.19. The molecule has 7 heteroatoms. The number of fused-ring (bicyclic) bond motifs is 1. The molecule has 0 saturated carbocycles. The summed E-state index contributed by atoms with van der Waals surface area (Å²) < 4.78 is 37.9. The van der Waals surface area contributed by atoms with E-state index in [-0.39, 0.29) is 0 Å². The van der Waals surface area contributed by atoms with Gasteiger partial charge in [0.2, 0.25) is 5.95 Å². The van der Waals surface area contributed by atoms with Gasteiger partial charge in [0.15, 0.2) is 0 Å². The van der Waals surface area contributed by atoms with Crippen molar-refractivity contribution in [3.63, 3.8) is 0 Å². The minimum Gasteiger partial charge on any atom is -0.338 e. The van der Waals surface area contributed by atoms with Gasteiger partial charge in [-0.2, -0.15) is 13.2 Å². The molecule has 3 aliphatic rings. The molecule has 4 nitrogen and oxygen atoms in total. The van der Waals surface area contributed by atoms with Gasteiger partial charge in [-0.1, -0.05) is 0 Å². The van der Waals surface area contributed by atoms with E-state index >= 15 is 0 Å². The SMILES string of the molecule is FC(F)(F)c1ccc2nc(N3CCNCC3)nc-2cc1. The number of hydrogen-bond donors (Lipinski definition) is 1. The van der Waals surface area contributed by atoms with Crippen molar-refractivity contribution in [2.75, 3.05) is 31.1 Å². The Morgan fingerprint density at radius 1 is 0.950 bits per heavy atom. The molecule has 1 N–H and O–H groups in total. The first kappa shape index (κ1) is 13.1. The lowest BCUT2D eigenvalue weighted by Crippen LogP contribution is -2.44. The first-order valence-corrected chi connectivity index (χ1v) is 6.35. The first-order valence-electron chi connectivity index (χ1n) is 6.35. The molecule has 2 heterocycles. The van der Waals surface area contributed by atoms with E-state index in [1.54, 1.807) is 0 Å². The molecule has 0 amide bonds. The van der Waals surface area contributed by atoms with Crippen molar-refractivity contribution in [3.8, 4) is 11.4 Å². The fourth-order valence-corrected chi connectivity index (χ4v) is 2.19. The van der Waals surface area contributed by atoms with Gasteiger partial charge in [-0.3, -0.25) is 0 Å². The van der Waals surface area contributed by atoms with Crippen LogP contribution in [0.1, 0.15) is 5.56 Å². The van der Waals surface area contributed by atoms with Crippen LogP contribution in [0.4, 0.5) is 19.1 Å². The van der Waals surface area contributed by atoms with E-state index in [9.17, 15) is 13.2 Å². The van der Waals surface area contributed by atoms with Crippen LogP contribution in [0, 0.1) is 0 Å². The van der Waals surface area contributed by atoms with Gasteiger partial charge in [0.05, 0.1) is 17.0 Å². The molecular weight excluding hydrogens is 269 g/mol. The Morgan fingerprint density at radius 3 is 2.00 bits per heavy atom. The molecule has 1 aliphatic carbocycles. The number of hydrogen-bond acceptors (Lipinski definition) is 4. The molecule has 0 aromatic rings. The Kier molecular flexibility index (Phi) is 3.21. The predicted molar refractivity (Wildman–Crippen MR) is 68.7 cm³/mol. The van der Waals surface area contributed by atoms with Crippen LogP contribution in [-0.2, 0) is 6.18 Å². The number of halogens is 3. The van der Waals surface area contributed by atoms with Gasteiger partial charge in [-0.05, 0) is 24.3 Å². The van der Waals surface area contributed by atoms with Crippen molar-refractivity contribution in [2.24, 2.45) is 0 Å². The molecule has 0 bridgehead atoms. The minimum absolute atomic E-state index is 0.481. The largest absolute Gasteiger partial charge is 0.416 e. The van der Waals surface area contributed by atoms with Gasteiger partial charge >= 0.3 is 6.18 Å². The zero-order chi connectivity index (χ0) is 14.2. The lowest BCUT2D eigenvalue weighted by atomic mass is 10.3. The third-order valence-corrected chi connectivity index (χ3v) is 3.27. The van der Waals surface area contributed by atoms with E-state index < -0.39 is 11.7 Å². The third kappa shape index (κ3) is 2.53. The maximum absolute atomic E-state index is 12.6. The smallest absolute Gasteiger partial charge is 0.338 e. The normalized spacial score (nSPS) is 16.6. The number of anilines is 1. The second-order valence-corrected chi connectivity index (χ2v) is 4.65. The van der Waals surface area contributed by atoms with Gasteiger partial charge in [-0.15, -0.1) is 0 Å². The number of rotatable bonds is 1. The van der Waals surface area contributed by atoms with Crippen LogP contribution in [0.15, 0.2) is 24.3 Å². The Hall–Kier alpha value is -1.89. The highest BCUT2D eigenvalue weighted by Crippen LogP contribution is 2.31. The van der Waals surface area contributed by atoms with Crippen molar-refractivity contribution in [1.82, 2.24) is 15.3 Å². The highest BCUT2D eigenvalue weighted by atomic mass is 19.4. The Labute approximate surface area is 114 Å². The average Bonchev–Trinajstić information content (AvgIpc) is 2.71. The number of imidazole rings is 1. The second-order valence-electron chi connectivity index (χ2n) is 4.65. The van der Waals surface area contributed by atoms with Gasteiger partial charge in [0, 0.05) is 26.2 Å². The molecule has 0 radical (unpaired) electrons. The van der Waals surface area contributed by atoms with Crippen molar-refractivity contribution >= 4 is 5.95 Å². The predicted octanol–water partition coefficient (Wildman–Crippen LogP) is 2.01. The van der Waals surface area contributed by atoms with Crippen LogP contribution < -0.4 is 10.2 Å². The molecule has 106 valence electrons. The topological polar surface area (TPSA) is 41.1 Å². The number of nitrogens with zero attached hydrogens (tertiary/aromatic N) is 3. The highest BCUT2D eigenvalue weighted by molar-refractivity contribution is 5.60. The zero-order valence-corrected chi connectivity index (χ0v) is 10.6. The lowest BCUT2D eigenvalue weighted by Gasteiger charge is -2.26. The zero-order valence-electron chi connectivity index (χ0n) is 10.6. The molecule has 2 aliphatic heterocycles. The molecule has 1 saturated heterocycles. The lowest BCUT2D eigenvalue weighted by molar-refractivity contribution is -0.137. The summed E-state index contributed by atoms with van der Waals surface area (Å²) in [5.74, 6) is 0.584. The summed E-state index contributed by atoms with van der Waals surface area (Å²) in [6.07, 6.45) is -4.35. The Bertz CT molecular complexity index is 545. The molecular formula is C13H13F3N4.